The van der Waals surface area contributed by atoms with Crippen LogP contribution in [-0.2, 0) is 16.4 Å². The van der Waals surface area contributed by atoms with Gasteiger partial charge in [-0.2, -0.15) is 0 Å². The summed E-state index contributed by atoms with van der Waals surface area (Å²) in [6.45, 7) is 3.76. The lowest BCUT2D eigenvalue weighted by molar-refractivity contribution is 0.599. The van der Waals surface area contributed by atoms with Gasteiger partial charge in [0.2, 0.25) is 0 Å². The molecule has 0 saturated heterocycles. The van der Waals surface area contributed by atoms with Gasteiger partial charge in [-0.1, -0.05) is 18.2 Å². The van der Waals surface area contributed by atoms with Crippen molar-refractivity contribution in [3.05, 3.63) is 57.8 Å². The van der Waals surface area contributed by atoms with Crippen LogP contribution < -0.4 is 5.56 Å². The first-order valence-electron chi connectivity index (χ1n) is 7.12. The minimum atomic E-state index is -3.36. The summed E-state index contributed by atoms with van der Waals surface area (Å²) in [6, 6.07) is 8.46. The number of nitrogens with zero attached hydrogens (tertiary/aromatic N) is 2. The van der Waals surface area contributed by atoms with Crippen LogP contribution in [0.15, 0.2) is 40.0 Å². The Bertz CT molecular complexity index is 1060. The molecule has 0 radical (unpaired) electrons. The molecule has 0 atom stereocenters. The molecule has 0 fully saturated rings. The van der Waals surface area contributed by atoms with Gasteiger partial charge in [-0.15, -0.1) is 0 Å². The highest BCUT2D eigenvalue weighted by Gasteiger charge is 2.16. The molecule has 2 heterocycles. The van der Waals surface area contributed by atoms with E-state index in [0.29, 0.717) is 22.4 Å². The fraction of sp³-hybridized carbons (Fsp3) is 0.250. The molecular formula is C16H17N3O3S. The molecule has 3 rings (SSSR count). The normalized spacial score (nSPS) is 12.0. The number of sulfone groups is 1. The van der Waals surface area contributed by atoms with Gasteiger partial charge in [-0.05, 0) is 31.5 Å². The molecule has 0 saturated carbocycles. The minimum Gasteiger partial charge on any atom is -0.343 e. The van der Waals surface area contributed by atoms with E-state index in [-0.39, 0.29) is 17.0 Å². The van der Waals surface area contributed by atoms with E-state index in [1.807, 2.05) is 6.92 Å². The summed E-state index contributed by atoms with van der Waals surface area (Å²) in [5.74, 6) is 0.535. The summed E-state index contributed by atoms with van der Waals surface area (Å²) < 4.78 is 25.3. The van der Waals surface area contributed by atoms with E-state index in [1.54, 1.807) is 37.3 Å². The zero-order chi connectivity index (χ0) is 16.8. The topological polar surface area (TPSA) is 84.8 Å². The average Bonchev–Trinajstić information content (AvgIpc) is 2.83. The van der Waals surface area contributed by atoms with Gasteiger partial charge in [0.25, 0.3) is 5.56 Å². The molecule has 7 heteroatoms. The van der Waals surface area contributed by atoms with Crippen molar-refractivity contribution in [2.75, 3.05) is 6.26 Å². The molecule has 120 valence electrons. The molecule has 0 unspecified atom stereocenters. The first-order valence-corrected chi connectivity index (χ1v) is 9.01. The third-order valence-electron chi connectivity index (χ3n) is 3.77. The Morgan fingerprint density at radius 1 is 1.22 bits per heavy atom. The fourth-order valence-electron chi connectivity index (χ4n) is 2.69. The highest BCUT2D eigenvalue weighted by molar-refractivity contribution is 7.90. The molecule has 1 aromatic carbocycles. The summed E-state index contributed by atoms with van der Waals surface area (Å²) in [5.41, 5.74) is 1.81. The highest BCUT2D eigenvalue weighted by Crippen LogP contribution is 2.17. The van der Waals surface area contributed by atoms with Crippen LogP contribution in [-0.4, -0.2) is 29.2 Å². The van der Waals surface area contributed by atoms with E-state index in [9.17, 15) is 13.2 Å². The highest BCUT2D eigenvalue weighted by atomic mass is 32.2. The number of aromatic amines is 1. The largest absolute Gasteiger partial charge is 0.343 e. The van der Waals surface area contributed by atoms with Crippen LogP contribution in [0.5, 0.6) is 0 Å². The van der Waals surface area contributed by atoms with Crippen molar-refractivity contribution in [1.82, 2.24) is 14.5 Å². The Hall–Kier alpha value is -2.41. The number of hydrogen-bond donors (Lipinski definition) is 1. The van der Waals surface area contributed by atoms with Crippen molar-refractivity contribution >= 4 is 20.9 Å². The molecule has 2 aromatic heterocycles. The number of fused-ring (bicyclic) bond motifs is 1. The van der Waals surface area contributed by atoms with E-state index in [4.69, 9.17) is 0 Å². The van der Waals surface area contributed by atoms with Crippen LogP contribution in [0.3, 0.4) is 0 Å². The Morgan fingerprint density at radius 2 is 1.91 bits per heavy atom. The molecule has 23 heavy (non-hydrogen) atoms. The third kappa shape index (κ3) is 2.79. The maximum atomic E-state index is 12.7. The zero-order valence-corrected chi connectivity index (χ0v) is 13.9. The molecule has 0 aliphatic carbocycles. The number of aromatic nitrogens is 3. The summed E-state index contributed by atoms with van der Waals surface area (Å²) >= 11 is 0. The van der Waals surface area contributed by atoms with Crippen molar-refractivity contribution in [2.45, 2.75) is 25.3 Å². The van der Waals surface area contributed by atoms with Crippen molar-refractivity contribution in [3.63, 3.8) is 0 Å². The Morgan fingerprint density at radius 3 is 2.61 bits per heavy atom. The molecule has 0 spiro atoms. The second kappa shape index (κ2) is 5.34. The lowest BCUT2D eigenvalue weighted by atomic mass is 10.2. The van der Waals surface area contributed by atoms with Gasteiger partial charge in [-0.3, -0.25) is 9.36 Å². The van der Waals surface area contributed by atoms with Gasteiger partial charge in [0, 0.05) is 11.9 Å². The third-order valence-corrected chi connectivity index (χ3v) is 4.97. The molecule has 1 N–H and O–H groups in total. The first kappa shape index (κ1) is 15.5. The molecule has 0 amide bonds. The number of benzene rings is 1. The number of H-pyrrole nitrogens is 1. The monoisotopic (exact) mass is 331 g/mol. The van der Waals surface area contributed by atoms with E-state index in [0.717, 1.165) is 5.69 Å². The Kier molecular flexibility index (Phi) is 3.60. The lowest BCUT2D eigenvalue weighted by Gasteiger charge is -2.12. The van der Waals surface area contributed by atoms with E-state index in [1.165, 1.54) is 10.8 Å². The second-order valence-corrected chi connectivity index (χ2v) is 7.63. The molecule has 6 nitrogen and oxygen atoms in total. The Labute approximate surface area is 133 Å². The van der Waals surface area contributed by atoms with Crippen LogP contribution in [0.1, 0.15) is 17.1 Å². The maximum Gasteiger partial charge on any atom is 0.263 e. The van der Waals surface area contributed by atoms with Crippen LogP contribution in [0.2, 0.25) is 0 Å². The number of nitrogens with one attached hydrogen (secondary N) is 1. The maximum absolute atomic E-state index is 12.7. The summed E-state index contributed by atoms with van der Waals surface area (Å²) in [4.78, 5) is 20.4. The molecule has 3 aromatic rings. The van der Waals surface area contributed by atoms with Gasteiger partial charge in [0.05, 0.1) is 16.8 Å². The molecular weight excluding hydrogens is 314 g/mol. The predicted octanol–water partition coefficient (Wildman–Crippen LogP) is 1.79. The van der Waals surface area contributed by atoms with E-state index >= 15 is 0 Å². The van der Waals surface area contributed by atoms with Gasteiger partial charge in [0.1, 0.15) is 11.5 Å². The van der Waals surface area contributed by atoms with Crippen molar-refractivity contribution in [2.24, 2.45) is 0 Å². The second-order valence-electron chi connectivity index (χ2n) is 5.64. The van der Waals surface area contributed by atoms with Gasteiger partial charge in [0.15, 0.2) is 9.84 Å². The van der Waals surface area contributed by atoms with E-state index < -0.39 is 9.84 Å². The summed E-state index contributed by atoms with van der Waals surface area (Å²) in [7, 11) is -3.36. The summed E-state index contributed by atoms with van der Waals surface area (Å²) in [5, 5.41) is 0.505. The summed E-state index contributed by atoms with van der Waals surface area (Å²) in [6.07, 6.45) is 1.17. The number of aryl methyl sites for hydroxylation is 2. The Balaban J connectivity index is 2.19. The quantitative estimate of drug-likeness (QED) is 0.793. The smallest absolute Gasteiger partial charge is 0.263 e. The first-order chi connectivity index (χ1) is 10.8. The number of rotatable bonds is 3. The van der Waals surface area contributed by atoms with Gasteiger partial charge < -0.3 is 4.98 Å². The van der Waals surface area contributed by atoms with Crippen LogP contribution >= 0.6 is 0 Å². The fourth-order valence-corrected chi connectivity index (χ4v) is 3.63. The van der Waals surface area contributed by atoms with Crippen LogP contribution in [0, 0.1) is 13.8 Å². The molecule has 0 bridgehead atoms. The van der Waals surface area contributed by atoms with Crippen LogP contribution in [0.25, 0.3) is 11.0 Å². The minimum absolute atomic E-state index is 0.168. The molecule has 0 aliphatic heterocycles. The standard InChI is InChI=1S/C16H17N3O3S/c1-10-8-13-15(17-10)18-11(2)19(16(13)20)9-12-6-4-5-7-14(12)23(3,21)22/h4-8,17H,9H2,1-3H3. The van der Waals surface area contributed by atoms with Crippen molar-refractivity contribution < 1.29 is 8.42 Å². The van der Waals surface area contributed by atoms with Gasteiger partial charge >= 0.3 is 0 Å². The van der Waals surface area contributed by atoms with Crippen LogP contribution in [0.4, 0.5) is 0 Å². The SMILES string of the molecule is Cc1cc2c(=O)n(Cc3ccccc3S(C)(=O)=O)c(C)nc2[nH]1. The predicted molar refractivity (Wildman–Crippen MR) is 88.5 cm³/mol. The van der Waals surface area contributed by atoms with Gasteiger partial charge in [-0.25, -0.2) is 13.4 Å². The average molecular weight is 331 g/mol. The van der Waals surface area contributed by atoms with Crippen molar-refractivity contribution in [3.8, 4) is 0 Å². The van der Waals surface area contributed by atoms with Crippen molar-refractivity contribution in [1.29, 1.82) is 0 Å². The van der Waals surface area contributed by atoms with E-state index in [2.05, 4.69) is 9.97 Å². The lowest BCUT2D eigenvalue weighted by Crippen LogP contribution is -2.24. The zero-order valence-electron chi connectivity index (χ0n) is 13.1. The molecule has 0 aliphatic rings. The number of hydrogen-bond acceptors (Lipinski definition) is 4.